The molecule has 1 atom stereocenters. The molecule has 0 heterocycles. The lowest BCUT2D eigenvalue weighted by molar-refractivity contribution is 0.416. The molecule has 1 aromatic rings. The van der Waals surface area contributed by atoms with Crippen molar-refractivity contribution in [1.82, 2.24) is 0 Å². The van der Waals surface area contributed by atoms with Crippen LogP contribution in [0, 0.1) is 18.8 Å². The zero-order chi connectivity index (χ0) is 11.6. The molecule has 84 valence electrons. The van der Waals surface area contributed by atoms with E-state index in [0.717, 1.165) is 15.9 Å². The van der Waals surface area contributed by atoms with Crippen LogP contribution in [0.1, 0.15) is 31.9 Å². The van der Waals surface area contributed by atoms with Gasteiger partial charge in [0.05, 0.1) is 0 Å². The van der Waals surface area contributed by atoms with E-state index in [1.165, 1.54) is 11.1 Å². The topological polar surface area (TPSA) is 0 Å². The molecule has 0 saturated heterocycles. The molecule has 0 amide bonds. The van der Waals surface area contributed by atoms with Gasteiger partial charge < -0.3 is 0 Å². The Labute approximate surface area is 106 Å². The maximum atomic E-state index is 5.99. The summed E-state index contributed by atoms with van der Waals surface area (Å²) < 4.78 is 1.14. The largest absolute Gasteiger partial charge is 0.0843 e. The second-order valence-electron chi connectivity index (χ2n) is 4.61. The Morgan fingerprint density at radius 2 is 1.87 bits per heavy atom. The first-order chi connectivity index (χ1) is 6.91. The van der Waals surface area contributed by atoms with Gasteiger partial charge in [0.1, 0.15) is 0 Å². The highest BCUT2D eigenvalue weighted by Crippen LogP contribution is 2.29. The Kier molecular flexibility index (Phi) is 4.66. The lowest BCUT2D eigenvalue weighted by atomic mass is 9.89. The fourth-order valence-corrected chi connectivity index (χ4v) is 2.67. The number of benzene rings is 1. The maximum Gasteiger partial charge on any atom is 0.0420 e. The second kappa shape index (κ2) is 5.36. The minimum absolute atomic E-state index is 0.696. The van der Waals surface area contributed by atoms with Crippen LogP contribution in [-0.4, -0.2) is 0 Å². The monoisotopic (exact) mass is 288 g/mol. The van der Waals surface area contributed by atoms with Crippen molar-refractivity contribution in [3.05, 3.63) is 32.8 Å². The number of halogens is 2. The average molecular weight is 290 g/mol. The Balaban J connectivity index is 2.95. The summed E-state index contributed by atoms with van der Waals surface area (Å²) in [5, 5.41) is 0.806. The van der Waals surface area contributed by atoms with Crippen LogP contribution in [0.5, 0.6) is 0 Å². The van der Waals surface area contributed by atoms with E-state index in [0.29, 0.717) is 11.8 Å². The third kappa shape index (κ3) is 3.49. The Hall–Kier alpha value is -0.0100. The predicted molar refractivity (Wildman–Crippen MR) is 71.6 cm³/mol. The van der Waals surface area contributed by atoms with Crippen LogP contribution in [0.2, 0.25) is 5.02 Å². The lowest BCUT2D eigenvalue weighted by Crippen LogP contribution is -2.08. The zero-order valence-electron chi connectivity index (χ0n) is 9.77. The summed E-state index contributed by atoms with van der Waals surface area (Å²) >= 11 is 9.58. The van der Waals surface area contributed by atoms with Crippen LogP contribution in [-0.2, 0) is 6.42 Å². The van der Waals surface area contributed by atoms with E-state index < -0.39 is 0 Å². The van der Waals surface area contributed by atoms with Crippen LogP contribution < -0.4 is 0 Å². The molecule has 0 nitrogen and oxygen atoms in total. The zero-order valence-corrected chi connectivity index (χ0v) is 12.1. The average Bonchev–Trinajstić information content (AvgIpc) is 2.10. The molecule has 0 fully saturated rings. The first kappa shape index (κ1) is 13.1. The van der Waals surface area contributed by atoms with Crippen molar-refractivity contribution in [2.24, 2.45) is 11.8 Å². The number of hydrogen-bond acceptors (Lipinski definition) is 0. The van der Waals surface area contributed by atoms with Crippen LogP contribution in [0.25, 0.3) is 0 Å². The second-order valence-corrected chi connectivity index (χ2v) is 5.90. The molecular formula is C13H18BrCl. The molecule has 0 spiro atoms. The fourth-order valence-electron chi connectivity index (χ4n) is 1.55. The van der Waals surface area contributed by atoms with Crippen molar-refractivity contribution in [1.29, 1.82) is 0 Å². The van der Waals surface area contributed by atoms with E-state index in [4.69, 9.17) is 11.6 Å². The first-order valence-corrected chi connectivity index (χ1v) is 6.53. The van der Waals surface area contributed by atoms with E-state index in [1.807, 2.05) is 12.1 Å². The van der Waals surface area contributed by atoms with Crippen molar-refractivity contribution in [3.8, 4) is 0 Å². The van der Waals surface area contributed by atoms with Gasteiger partial charge in [-0.25, -0.2) is 0 Å². The van der Waals surface area contributed by atoms with Crippen molar-refractivity contribution in [2.45, 2.75) is 34.1 Å². The minimum atomic E-state index is 0.696. The SMILES string of the molecule is Cc1cc(Cl)cc(Br)c1C[C@H](C)C(C)C. The fraction of sp³-hybridized carbons (Fsp3) is 0.538. The summed E-state index contributed by atoms with van der Waals surface area (Å²) in [6.07, 6.45) is 1.11. The molecule has 0 aliphatic rings. The van der Waals surface area contributed by atoms with Gasteiger partial charge in [-0.15, -0.1) is 0 Å². The van der Waals surface area contributed by atoms with Gasteiger partial charge in [-0.3, -0.25) is 0 Å². The summed E-state index contributed by atoms with van der Waals surface area (Å²) in [4.78, 5) is 0. The number of aryl methyl sites for hydroxylation is 1. The van der Waals surface area contributed by atoms with Crippen LogP contribution in [0.15, 0.2) is 16.6 Å². The van der Waals surface area contributed by atoms with Gasteiger partial charge in [0.25, 0.3) is 0 Å². The minimum Gasteiger partial charge on any atom is -0.0843 e. The number of hydrogen-bond donors (Lipinski definition) is 0. The van der Waals surface area contributed by atoms with Gasteiger partial charge >= 0.3 is 0 Å². The molecule has 15 heavy (non-hydrogen) atoms. The third-order valence-corrected chi connectivity index (χ3v) is 3.97. The van der Waals surface area contributed by atoms with Gasteiger partial charge in [0.15, 0.2) is 0 Å². The molecule has 1 aromatic carbocycles. The van der Waals surface area contributed by atoms with Crippen molar-refractivity contribution >= 4 is 27.5 Å². The van der Waals surface area contributed by atoms with Crippen LogP contribution in [0.3, 0.4) is 0 Å². The normalized spacial score (nSPS) is 13.3. The van der Waals surface area contributed by atoms with E-state index in [1.54, 1.807) is 0 Å². The summed E-state index contributed by atoms with van der Waals surface area (Å²) in [6, 6.07) is 4.02. The molecule has 2 heteroatoms. The third-order valence-electron chi connectivity index (χ3n) is 3.05. The highest BCUT2D eigenvalue weighted by molar-refractivity contribution is 9.10. The highest BCUT2D eigenvalue weighted by atomic mass is 79.9. The molecular weight excluding hydrogens is 272 g/mol. The summed E-state index contributed by atoms with van der Waals surface area (Å²) in [5.74, 6) is 1.41. The van der Waals surface area contributed by atoms with E-state index in [9.17, 15) is 0 Å². The quantitative estimate of drug-likeness (QED) is 0.713. The number of rotatable bonds is 3. The van der Waals surface area contributed by atoms with Crippen molar-refractivity contribution < 1.29 is 0 Å². The summed E-state index contributed by atoms with van der Waals surface area (Å²) in [6.45, 7) is 8.96. The van der Waals surface area contributed by atoms with Crippen molar-refractivity contribution in [3.63, 3.8) is 0 Å². The molecule has 0 aliphatic heterocycles. The standard InChI is InChI=1S/C13H18BrCl/c1-8(2)9(3)6-12-10(4)5-11(15)7-13(12)14/h5,7-9H,6H2,1-4H3/t9-/m0/s1. The molecule has 0 aliphatic carbocycles. The molecule has 0 unspecified atom stereocenters. The Bertz CT molecular complexity index is 321. The van der Waals surface area contributed by atoms with Gasteiger partial charge in [-0.05, 0) is 48.4 Å². The molecule has 1 rings (SSSR count). The Morgan fingerprint density at radius 3 is 2.33 bits per heavy atom. The summed E-state index contributed by atoms with van der Waals surface area (Å²) in [5.41, 5.74) is 2.67. The smallest absolute Gasteiger partial charge is 0.0420 e. The summed E-state index contributed by atoms with van der Waals surface area (Å²) in [7, 11) is 0. The maximum absolute atomic E-state index is 5.99. The van der Waals surface area contributed by atoms with Crippen LogP contribution >= 0.6 is 27.5 Å². The molecule has 0 bridgehead atoms. The molecule has 0 radical (unpaired) electrons. The molecule has 0 N–H and O–H groups in total. The van der Waals surface area contributed by atoms with Crippen LogP contribution in [0.4, 0.5) is 0 Å². The highest BCUT2D eigenvalue weighted by Gasteiger charge is 2.12. The first-order valence-electron chi connectivity index (χ1n) is 5.36. The van der Waals surface area contributed by atoms with Gasteiger partial charge in [-0.1, -0.05) is 48.3 Å². The predicted octanol–water partition coefficient (Wildman–Crippen LogP) is 5.25. The lowest BCUT2D eigenvalue weighted by Gasteiger charge is -2.18. The van der Waals surface area contributed by atoms with Crippen molar-refractivity contribution in [2.75, 3.05) is 0 Å². The van der Waals surface area contributed by atoms with Gasteiger partial charge in [0.2, 0.25) is 0 Å². The molecule has 0 aromatic heterocycles. The Morgan fingerprint density at radius 1 is 1.27 bits per heavy atom. The van der Waals surface area contributed by atoms with E-state index in [2.05, 4.69) is 43.6 Å². The molecule has 0 saturated carbocycles. The van der Waals surface area contributed by atoms with Gasteiger partial charge in [-0.2, -0.15) is 0 Å². The van der Waals surface area contributed by atoms with E-state index >= 15 is 0 Å². The van der Waals surface area contributed by atoms with E-state index in [-0.39, 0.29) is 0 Å². The van der Waals surface area contributed by atoms with Gasteiger partial charge in [0, 0.05) is 9.50 Å².